The van der Waals surface area contributed by atoms with Gasteiger partial charge in [0.25, 0.3) is 0 Å². The zero-order valence-corrected chi connectivity index (χ0v) is 10.9. The fourth-order valence-electron chi connectivity index (χ4n) is 2.35. The molecular weight excluding hydrogens is 214 g/mol. The predicted octanol–water partition coefficient (Wildman–Crippen LogP) is 1.18. The van der Waals surface area contributed by atoms with Crippen LogP contribution in [0.1, 0.15) is 24.0 Å². The van der Waals surface area contributed by atoms with Crippen LogP contribution in [-0.4, -0.2) is 42.5 Å². The van der Waals surface area contributed by atoms with E-state index in [-0.39, 0.29) is 0 Å². The van der Waals surface area contributed by atoms with Crippen molar-refractivity contribution in [3.8, 4) is 0 Å². The van der Waals surface area contributed by atoms with Gasteiger partial charge < -0.3 is 15.1 Å². The zero-order chi connectivity index (χ0) is 12.3. The Hall–Kier alpha value is -0.840. The first kappa shape index (κ1) is 12.6. The first-order valence-electron chi connectivity index (χ1n) is 6.46. The van der Waals surface area contributed by atoms with Gasteiger partial charge in [0.2, 0.25) is 0 Å². The molecule has 1 aromatic rings. The molecule has 0 saturated carbocycles. The Bertz CT molecular complexity index is 354. The van der Waals surface area contributed by atoms with Gasteiger partial charge in [0.05, 0.1) is 13.1 Å². The van der Waals surface area contributed by atoms with E-state index in [0.29, 0.717) is 6.54 Å². The molecule has 2 heterocycles. The summed E-state index contributed by atoms with van der Waals surface area (Å²) in [7, 11) is 0. The van der Waals surface area contributed by atoms with Crippen molar-refractivity contribution in [2.75, 3.05) is 32.7 Å². The van der Waals surface area contributed by atoms with Crippen LogP contribution in [0.15, 0.2) is 10.5 Å². The van der Waals surface area contributed by atoms with E-state index >= 15 is 0 Å². The van der Waals surface area contributed by atoms with Crippen LogP contribution in [0.4, 0.5) is 0 Å². The van der Waals surface area contributed by atoms with Gasteiger partial charge in [-0.05, 0) is 25.1 Å². The van der Waals surface area contributed by atoms with Crippen molar-refractivity contribution in [2.45, 2.75) is 26.9 Å². The van der Waals surface area contributed by atoms with E-state index in [1.54, 1.807) is 0 Å². The van der Waals surface area contributed by atoms with Gasteiger partial charge in [-0.3, -0.25) is 4.90 Å². The predicted molar refractivity (Wildman–Crippen MR) is 68.7 cm³/mol. The Morgan fingerprint density at radius 1 is 1.24 bits per heavy atom. The molecule has 1 aromatic heterocycles. The Morgan fingerprint density at radius 3 is 2.41 bits per heavy atom. The Kier molecular flexibility index (Phi) is 4.20. The molecule has 1 aliphatic heterocycles. The van der Waals surface area contributed by atoms with Crippen molar-refractivity contribution in [2.24, 2.45) is 5.73 Å². The van der Waals surface area contributed by atoms with Gasteiger partial charge in [-0.1, -0.05) is 6.92 Å². The second-order valence-corrected chi connectivity index (χ2v) is 4.73. The number of rotatable bonds is 4. The maximum absolute atomic E-state index is 5.74. The fourth-order valence-corrected chi connectivity index (χ4v) is 2.35. The highest BCUT2D eigenvalue weighted by molar-refractivity contribution is 5.19. The second-order valence-electron chi connectivity index (χ2n) is 4.73. The number of piperazine rings is 1. The second kappa shape index (κ2) is 5.67. The van der Waals surface area contributed by atoms with Crippen LogP contribution in [0, 0.1) is 6.92 Å². The number of aryl methyl sites for hydroxylation is 1. The molecule has 0 amide bonds. The Morgan fingerprint density at radius 2 is 1.88 bits per heavy atom. The topological polar surface area (TPSA) is 45.6 Å². The summed E-state index contributed by atoms with van der Waals surface area (Å²) in [5.41, 5.74) is 6.79. The smallest absolute Gasteiger partial charge is 0.120 e. The summed E-state index contributed by atoms with van der Waals surface area (Å²) < 4.78 is 5.74. The molecule has 0 spiro atoms. The molecule has 0 bridgehead atoms. The van der Waals surface area contributed by atoms with Crippen LogP contribution in [0.3, 0.4) is 0 Å². The summed E-state index contributed by atoms with van der Waals surface area (Å²) in [6, 6.07) is 2.12. The van der Waals surface area contributed by atoms with Gasteiger partial charge in [-0.2, -0.15) is 0 Å². The minimum Gasteiger partial charge on any atom is -0.463 e. The minimum atomic E-state index is 0.495. The number of nitrogens with zero attached hydrogens (tertiary/aromatic N) is 2. The molecule has 0 aliphatic carbocycles. The van der Waals surface area contributed by atoms with Crippen LogP contribution < -0.4 is 5.73 Å². The molecule has 2 N–H and O–H groups in total. The maximum atomic E-state index is 5.74. The van der Waals surface area contributed by atoms with Crippen molar-refractivity contribution >= 4 is 0 Å². The van der Waals surface area contributed by atoms with E-state index in [1.807, 2.05) is 0 Å². The van der Waals surface area contributed by atoms with E-state index in [2.05, 4.69) is 29.7 Å². The molecule has 4 nitrogen and oxygen atoms in total. The van der Waals surface area contributed by atoms with Crippen molar-refractivity contribution in [3.05, 3.63) is 23.2 Å². The summed E-state index contributed by atoms with van der Waals surface area (Å²) >= 11 is 0. The molecule has 17 heavy (non-hydrogen) atoms. The van der Waals surface area contributed by atoms with E-state index in [4.69, 9.17) is 10.2 Å². The molecule has 96 valence electrons. The fraction of sp³-hybridized carbons (Fsp3) is 0.692. The van der Waals surface area contributed by atoms with Crippen molar-refractivity contribution in [3.63, 3.8) is 0 Å². The first-order chi connectivity index (χ1) is 8.22. The highest BCUT2D eigenvalue weighted by Crippen LogP contribution is 2.16. The summed E-state index contributed by atoms with van der Waals surface area (Å²) in [4.78, 5) is 4.93. The van der Waals surface area contributed by atoms with Crippen molar-refractivity contribution in [1.29, 1.82) is 0 Å². The van der Waals surface area contributed by atoms with Gasteiger partial charge >= 0.3 is 0 Å². The summed E-state index contributed by atoms with van der Waals surface area (Å²) in [5.74, 6) is 1.97. The van der Waals surface area contributed by atoms with Crippen LogP contribution in [0.2, 0.25) is 0 Å². The summed E-state index contributed by atoms with van der Waals surface area (Å²) in [6.07, 6.45) is 0. The van der Waals surface area contributed by atoms with Crippen LogP contribution in [-0.2, 0) is 13.1 Å². The van der Waals surface area contributed by atoms with E-state index in [9.17, 15) is 0 Å². The molecule has 0 unspecified atom stereocenters. The van der Waals surface area contributed by atoms with Gasteiger partial charge in [-0.15, -0.1) is 0 Å². The van der Waals surface area contributed by atoms with Gasteiger partial charge in [0, 0.05) is 26.2 Å². The molecule has 0 atom stereocenters. The summed E-state index contributed by atoms with van der Waals surface area (Å²) in [5, 5.41) is 0. The highest BCUT2D eigenvalue weighted by atomic mass is 16.3. The quantitative estimate of drug-likeness (QED) is 0.854. The standard InChI is InChI=1S/C13H23N3O/c1-3-15-4-6-16(7-5-15)10-12-8-11(2)13(9-14)17-12/h8H,3-7,9-10,14H2,1-2H3. The average Bonchev–Trinajstić information content (AvgIpc) is 2.70. The van der Waals surface area contributed by atoms with E-state index in [1.165, 1.54) is 18.7 Å². The molecular formula is C13H23N3O. The molecule has 2 rings (SSSR count). The number of nitrogens with two attached hydrogens (primary N) is 1. The minimum absolute atomic E-state index is 0.495. The monoisotopic (exact) mass is 237 g/mol. The molecule has 0 radical (unpaired) electrons. The van der Waals surface area contributed by atoms with Crippen LogP contribution in [0.5, 0.6) is 0 Å². The van der Waals surface area contributed by atoms with Gasteiger partial charge in [-0.25, -0.2) is 0 Å². The van der Waals surface area contributed by atoms with Crippen molar-refractivity contribution in [1.82, 2.24) is 9.80 Å². The number of hydrogen-bond donors (Lipinski definition) is 1. The van der Waals surface area contributed by atoms with Crippen molar-refractivity contribution < 1.29 is 4.42 Å². The van der Waals surface area contributed by atoms with Gasteiger partial charge in [0.15, 0.2) is 0 Å². The number of hydrogen-bond acceptors (Lipinski definition) is 4. The SMILES string of the molecule is CCN1CCN(Cc2cc(C)c(CN)o2)CC1. The molecule has 1 saturated heterocycles. The lowest BCUT2D eigenvalue weighted by Gasteiger charge is -2.33. The lowest BCUT2D eigenvalue weighted by atomic mass is 10.2. The number of likely N-dealkylation sites (N-methyl/N-ethyl adjacent to an activating group) is 1. The molecule has 4 heteroatoms. The number of furan rings is 1. The molecule has 1 aliphatic rings. The average molecular weight is 237 g/mol. The lowest BCUT2D eigenvalue weighted by molar-refractivity contribution is 0.125. The summed E-state index contributed by atoms with van der Waals surface area (Å²) in [6.45, 7) is 11.4. The van der Waals surface area contributed by atoms with E-state index < -0.39 is 0 Å². The van der Waals surface area contributed by atoms with Crippen LogP contribution in [0.25, 0.3) is 0 Å². The zero-order valence-electron chi connectivity index (χ0n) is 10.9. The van der Waals surface area contributed by atoms with Gasteiger partial charge in [0.1, 0.15) is 11.5 Å². The first-order valence-corrected chi connectivity index (χ1v) is 6.46. The maximum Gasteiger partial charge on any atom is 0.120 e. The third-order valence-corrected chi connectivity index (χ3v) is 3.55. The third kappa shape index (κ3) is 3.09. The Labute approximate surface area is 103 Å². The van der Waals surface area contributed by atoms with Crippen LogP contribution >= 0.6 is 0 Å². The van der Waals surface area contributed by atoms with E-state index in [0.717, 1.165) is 37.7 Å². The molecule has 1 fully saturated rings. The largest absolute Gasteiger partial charge is 0.463 e. The third-order valence-electron chi connectivity index (χ3n) is 3.55. The lowest BCUT2D eigenvalue weighted by Crippen LogP contribution is -2.45. The Balaban J connectivity index is 1.88. The normalized spacial score (nSPS) is 18.8. The molecule has 0 aromatic carbocycles. The highest BCUT2D eigenvalue weighted by Gasteiger charge is 2.17.